The van der Waals surface area contributed by atoms with Crippen LogP contribution < -0.4 is 9.47 Å². The molecule has 2 nitrogen and oxygen atoms in total. The number of hydrogen-bond acceptors (Lipinski definition) is 4. The molecule has 6 aromatic carbocycles. The summed E-state index contributed by atoms with van der Waals surface area (Å²) in [4.78, 5) is 0. The smallest absolute Gasteiger partial charge is 0.127 e. The molecular weight excluding hydrogens is 553 g/mol. The highest BCUT2D eigenvalue weighted by Crippen LogP contribution is 2.49. The van der Waals surface area contributed by atoms with Crippen molar-refractivity contribution in [2.24, 2.45) is 0 Å². The van der Waals surface area contributed by atoms with Crippen LogP contribution in [0, 0.1) is 0 Å². The van der Waals surface area contributed by atoms with E-state index >= 15 is 0 Å². The van der Waals surface area contributed by atoms with E-state index in [1.807, 2.05) is 34.8 Å². The molecule has 0 aliphatic heterocycles. The van der Waals surface area contributed by atoms with Crippen LogP contribution in [0.2, 0.25) is 0 Å². The SMILES string of the molecule is COc1cccc(-c2ccc3sc4ccccc4c3c2)c1-c1c(OC)cccc1-c1ccc2sc3ccccc3c2c1. The summed E-state index contributed by atoms with van der Waals surface area (Å²) in [7, 11) is 3.49. The Labute approximate surface area is 252 Å². The van der Waals surface area contributed by atoms with Crippen LogP contribution in [-0.4, -0.2) is 14.2 Å². The Bertz CT molecular complexity index is 2130. The Morgan fingerprint density at radius 3 is 1.29 bits per heavy atom. The van der Waals surface area contributed by atoms with Crippen molar-refractivity contribution in [2.75, 3.05) is 14.2 Å². The van der Waals surface area contributed by atoms with Gasteiger partial charge in [-0.25, -0.2) is 0 Å². The zero-order valence-electron chi connectivity index (χ0n) is 23.2. The van der Waals surface area contributed by atoms with Crippen LogP contribution in [0.1, 0.15) is 0 Å². The van der Waals surface area contributed by atoms with Crippen molar-refractivity contribution in [3.8, 4) is 44.9 Å². The highest BCUT2D eigenvalue weighted by molar-refractivity contribution is 7.26. The second kappa shape index (κ2) is 10.0. The van der Waals surface area contributed by atoms with E-state index in [2.05, 4.69) is 109 Å². The van der Waals surface area contributed by atoms with E-state index < -0.39 is 0 Å². The van der Waals surface area contributed by atoms with Crippen LogP contribution in [0.25, 0.3) is 73.7 Å². The molecule has 0 spiro atoms. The summed E-state index contributed by atoms with van der Waals surface area (Å²) in [5.41, 5.74) is 6.58. The van der Waals surface area contributed by atoms with E-state index in [9.17, 15) is 0 Å². The first-order chi connectivity index (χ1) is 20.7. The topological polar surface area (TPSA) is 18.5 Å². The zero-order chi connectivity index (χ0) is 28.2. The van der Waals surface area contributed by atoms with E-state index in [4.69, 9.17) is 9.47 Å². The molecule has 8 aromatic rings. The van der Waals surface area contributed by atoms with Crippen LogP contribution in [0.4, 0.5) is 0 Å². The lowest BCUT2D eigenvalue weighted by molar-refractivity contribution is 0.410. The molecule has 0 fully saturated rings. The van der Waals surface area contributed by atoms with Crippen LogP contribution >= 0.6 is 22.7 Å². The van der Waals surface area contributed by atoms with Crippen LogP contribution in [0.5, 0.6) is 11.5 Å². The van der Waals surface area contributed by atoms with Crippen LogP contribution in [-0.2, 0) is 0 Å². The second-order valence-corrected chi connectivity index (χ2v) is 12.6. The molecule has 0 saturated carbocycles. The monoisotopic (exact) mass is 578 g/mol. The Kier molecular flexibility index (Phi) is 5.99. The third kappa shape index (κ3) is 3.91. The van der Waals surface area contributed by atoms with E-state index in [1.165, 1.54) is 40.3 Å². The number of methoxy groups -OCH3 is 2. The van der Waals surface area contributed by atoms with Gasteiger partial charge in [0.15, 0.2) is 0 Å². The molecule has 4 heteroatoms. The summed E-state index contributed by atoms with van der Waals surface area (Å²) in [5, 5.41) is 5.13. The number of ether oxygens (including phenoxy) is 2. The molecule has 202 valence electrons. The maximum absolute atomic E-state index is 6.06. The fraction of sp³-hybridized carbons (Fsp3) is 0.0526. The van der Waals surface area contributed by atoms with Gasteiger partial charge in [-0.15, -0.1) is 22.7 Å². The molecular formula is C38H26O2S2. The molecule has 0 saturated heterocycles. The molecule has 0 radical (unpaired) electrons. The predicted molar refractivity (Wildman–Crippen MR) is 182 cm³/mol. The van der Waals surface area contributed by atoms with E-state index in [-0.39, 0.29) is 0 Å². The zero-order valence-corrected chi connectivity index (χ0v) is 24.8. The van der Waals surface area contributed by atoms with Gasteiger partial charge in [0.1, 0.15) is 11.5 Å². The quantitative estimate of drug-likeness (QED) is 0.202. The van der Waals surface area contributed by atoms with Gasteiger partial charge in [0.25, 0.3) is 0 Å². The van der Waals surface area contributed by atoms with E-state index in [1.54, 1.807) is 14.2 Å². The van der Waals surface area contributed by atoms with Crippen molar-refractivity contribution >= 4 is 63.0 Å². The van der Waals surface area contributed by atoms with E-state index in [0.717, 1.165) is 44.9 Å². The summed E-state index contributed by atoms with van der Waals surface area (Å²) in [6.07, 6.45) is 0. The van der Waals surface area contributed by atoms with Gasteiger partial charge in [0.05, 0.1) is 14.2 Å². The molecule has 0 bridgehead atoms. The maximum Gasteiger partial charge on any atom is 0.127 e. The van der Waals surface area contributed by atoms with Gasteiger partial charge >= 0.3 is 0 Å². The fourth-order valence-electron chi connectivity index (χ4n) is 6.19. The summed E-state index contributed by atoms with van der Waals surface area (Å²) in [6, 6.07) is 43.5. The van der Waals surface area contributed by atoms with Crippen molar-refractivity contribution in [3.05, 3.63) is 121 Å². The molecule has 2 aromatic heterocycles. The third-order valence-electron chi connectivity index (χ3n) is 8.12. The van der Waals surface area contributed by atoms with Gasteiger partial charge in [0, 0.05) is 51.5 Å². The lowest BCUT2D eigenvalue weighted by atomic mass is 9.87. The van der Waals surface area contributed by atoms with Crippen molar-refractivity contribution in [1.82, 2.24) is 0 Å². The van der Waals surface area contributed by atoms with E-state index in [0.29, 0.717) is 0 Å². The van der Waals surface area contributed by atoms with Crippen molar-refractivity contribution < 1.29 is 9.47 Å². The molecule has 0 amide bonds. The molecule has 0 atom stereocenters. The standard InChI is InChI=1S/C38H26O2S2/c1-39-31-13-7-11-25(23-17-19-35-29(21-23)27-9-3-5-15-33(27)41-35)37(31)38-26(12-8-14-32(38)40-2)24-18-20-36-30(22-24)28-10-4-6-16-34(28)42-36/h3-22H,1-2H3. The average Bonchev–Trinajstić information content (AvgIpc) is 3.61. The van der Waals surface area contributed by atoms with Crippen LogP contribution in [0.3, 0.4) is 0 Å². The van der Waals surface area contributed by atoms with Crippen molar-refractivity contribution in [1.29, 1.82) is 0 Å². The molecule has 0 aliphatic rings. The fourth-order valence-corrected chi connectivity index (χ4v) is 8.36. The molecule has 0 unspecified atom stereocenters. The lowest BCUT2D eigenvalue weighted by Gasteiger charge is -2.20. The number of benzene rings is 6. The third-order valence-corrected chi connectivity index (χ3v) is 10.4. The molecule has 8 rings (SSSR count). The largest absolute Gasteiger partial charge is 0.496 e. The number of rotatable bonds is 5. The molecule has 42 heavy (non-hydrogen) atoms. The maximum atomic E-state index is 6.06. The Balaban J connectivity index is 1.40. The number of thiophene rings is 2. The summed E-state index contributed by atoms with van der Waals surface area (Å²) in [6.45, 7) is 0. The van der Waals surface area contributed by atoms with Gasteiger partial charge < -0.3 is 9.47 Å². The minimum atomic E-state index is 0.815. The van der Waals surface area contributed by atoms with Crippen molar-refractivity contribution in [3.63, 3.8) is 0 Å². The first-order valence-corrected chi connectivity index (χ1v) is 15.5. The summed E-state index contributed by atoms with van der Waals surface area (Å²) >= 11 is 3.68. The summed E-state index contributed by atoms with van der Waals surface area (Å²) in [5.74, 6) is 1.63. The number of hydrogen-bond donors (Lipinski definition) is 0. The highest BCUT2D eigenvalue weighted by atomic mass is 32.1. The lowest BCUT2D eigenvalue weighted by Crippen LogP contribution is -1.97. The molecule has 0 N–H and O–H groups in total. The average molecular weight is 579 g/mol. The normalized spacial score (nSPS) is 11.6. The highest BCUT2D eigenvalue weighted by Gasteiger charge is 2.22. The first-order valence-electron chi connectivity index (χ1n) is 13.9. The minimum Gasteiger partial charge on any atom is -0.496 e. The van der Waals surface area contributed by atoms with Crippen molar-refractivity contribution in [2.45, 2.75) is 0 Å². The minimum absolute atomic E-state index is 0.815. The van der Waals surface area contributed by atoms with Gasteiger partial charge in [-0.05, 0) is 70.8 Å². The Morgan fingerprint density at radius 2 is 0.833 bits per heavy atom. The molecule has 2 heterocycles. The molecule has 0 aliphatic carbocycles. The predicted octanol–water partition coefficient (Wildman–Crippen LogP) is 11.4. The van der Waals surface area contributed by atoms with Gasteiger partial charge in [0.2, 0.25) is 0 Å². The first kappa shape index (κ1) is 25.1. The Morgan fingerprint density at radius 1 is 0.405 bits per heavy atom. The van der Waals surface area contributed by atoms with Gasteiger partial charge in [-0.3, -0.25) is 0 Å². The van der Waals surface area contributed by atoms with Gasteiger partial charge in [-0.2, -0.15) is 0 Å². The Hall–Kier alpha value is -4.64. The summed E-state index contributed by atoms with van der Waals surface area (Å²) < 4.78 is 17.3. The number of fused-ring (bicyclic) bond motifs is 6. The van der Waals surface area contributed by atoms with Gasteiger partial charge in [-0.1, -0.05) is 72.8 Å². The second-order valence-electron chi connectivity index (χ2n) is 10.4. The van der Waals surface area contributed by atoms with Crippen LogP contribution in [0.15, 0.2) is 121 Å².